The molecule has 19 heavy (non-hydrogen) atoms. The zero-order chi connectivity index (χ0) is 14.3. The Hall–Kier alpha value is -1.54. The van der Waals surface area contributed by atoms with E-state index >= 15 is 0 Å². The molecule has 106 valence electrons. The molecule has 1 saturated carbocycles. The molecule has 2 N–H and O–H groups in total. The quantitative estimate of drug-likeness (QED) is 0.549. The number of carbonyl (C=O) groups excluding carboxylic acids is 2. The standard InChI is InChI=1S/C14H22N2O3/c1-3-8-15-13(18)9-14(19)16(2)10-11-6-4-5-7-12(11)17/h1,11-12,17H,4-10H2,2H3,(H,15,18). The summed E-state index contributed by atoms with van der Waals surface area (Å²) in [5, 5.41) is 12.3. The second-order valence-corrected chi connectivity index (χ2v) is 5.04. The molecule has 2 atom stereocenters. The minimum atomic E-state index is -0.362. The van der Waals surface area contributed by atoms with Gasteiger partial charge in [0, 0.05) is 19.5 Å². The lowest BCUT2D eigenvalue weighted by Gasteiger charge is -2.31. The number of rotatable bonds is 5. The fraction of sp³-hybridized carbons (Fsp3) is 0.714. The minimum absolute atomic E-state index is 0.122. The molecule has 5 heteroatoms. The molecule has 2 amide bonds. The van der Waals surface area contributed by atoms with Crippen molar-refractivity contribution in [1.29, 1.82) is 0 Å². The van der Waals surface area contributed by atoms with Crippen molar-refractivity contribution in [2.75, 3.05) is 20.1 Å². The van der Waals surface area contributed by atoms with Crippen LogP contribution in [0.4, 0.5) is 0 Å². The van der Waals surface area contributed by atoms with Gasteiger partial charge in [0.05, 0.1) is 12.6 Å². The molecule has 1 rings (SSSR count). The van der Waals surface area contributed by atoms with Crippen LogP contribution >= 0.6 is 0 Å². The van der Waals surface area contributed by atoms with Crippen molar-refractivity contribution >= 4 is 11.8 Å². The second kappa shape index (κ2) is 7.80. The average molecular weight is 266 g/mol. The van der Waals surface area contributed by atoms with Gasteiger partial charge in [-0.3, -0.25) is 9.59 Å². The van der Waals surface area contributed by atoms with Crippen LogP contribution in [0.25, 0.3) is 0 Å². The van der Waals surface area contributed by atoms with E-state index in [9.17, 15) is 14.7 Å². The Bertz CT molecular complexity index is 362. The van der Waals surface area contributed by atoms with Crippen molar-refractivity contribution in [1.82, 2.24) is 10.2 Å². The van der Waals surface area contributed by atoms with Gasteiger partial charge in [-0.15, -0.1) is 6.42 Å². The first-order chi connectivity index (χ1) is 9.04. The summed E-state index contributed by atoms with van der Waals surface area (Å²) >= 11 is 0. The highest BCUT2D eigenvalue weighted by Gasteiger charge is 2.26. The maximum absolute atomic E-state index is 11.8. The monoisotopic (exact) mass is 266 g/mol. The minimum Gasteiger partial charge on any atom is -0.393 e. The molecule has 1 fully saturated rings. The van der Waals surface area contributed by atoms with Crippen LogP contribution < -0.4 is 5.32 Å². The summed E-state index contributed by atoms with van der Waals surface area (Å²) in [6, 6.07) is 0. The predicted octanol–water partition coefficient (Wildman–Crippen LogP) is 0.135. The lowest BCUT2D eigenvalue weighted by Crippen LogP contribution is -2.40. The number of aliphatic hydroxyl groups is 1. The number of terminal acetylenes is 1. The van der Waals surface area contributed by atoms with Crippen LogP contribution in [-0.2, 0) is 9.59 Å². The number of nitrogens with one attached hydrogen (secondary N) is 1. The van der Waals surface area contributed by atoms with E-state index in [1.54, 1.807) is 7.05 Å². The Balaban J connectivity index is 2.35. The molecular formula is C14H22N2O3. The number of carbonyl (C=O) groups is 2. The summed E-state index contributed by atoms with van der Waals surface area (Å²) in [6.07, 6.45) is 8.36. The van der Waals surface area contributed by atoms with E-state index < -0.39 is 0 Å². The SMILES string of the molecule is C#CCNC(=O)CC(=O)N(C)CC1CCCCC1O. The van der Waals surface area contributed by atoms with Crippen molar-refractivity contribution in [2.24, 2.45) is 5.92 Å². The lowest BCUT2D eigenvalue weighted by atomic mass is 9.86. The van der Waals surface area contributed by atoms with Gasteiger partial charge in [-0.05, 0) is 12.8 Å². The predicted molar refractivity (Wildman–Crippen MR) is 72.1 cm³/mol. The first-order valence-corrected chi connectivity index (χ1v) is 6.66. The fourth-order valence-electron chi connectivity index (χ4n) is 2.34. The van der Waals surface area contributed by atoms with E-state index in [0.29, 0.717) is 6.54 Å². The van der Waals surface area contributed by atoms with Crippen LogP contribution in [0.1, 0.15) is 32.1 Å². The molecule has 1 aliphatic rings. The summed E-state index contributed by atoms with van der Waals surface area (Å²) in [4.78, 5) is 24.7. The third-order valence-corrected chi connectivity index (χ3v) is 3.50. The Morgan fingerprint density at radius 1 is 1.42 bits per heavy atom. The summed E-state index contributed by atoms with van der Waals surface area (Å²) in [5.41, 5.74) is 0. The van der Waals surface area contributed by atoms with E-state index in [4.69, 9.17) is 6.42 Å². The third kappa shape index (κ3) is 5.31. The summed E-state index contributed by atoms with van der Waals surface area (Å²) in [5.74, 6) is 1.80. The van der Waals surface area contributed by atoms with Crippen molar-refractivity contribution in [2.45, 2.75) is 38.2 Å². The van der Waals surface area contributed by atoms with Crippen molar-refractivity contribution in [3.8, 4) is 12.3 Å². The van der Waals surface area contributed by atoms with Crippen molar-refractivity contribution < 1.29 is 14.7 Å². The molecule has 0 aromatic carbocycles. The Kier molecular flexibility index (Phi) is 6.37. The van der Waals surface area contributed by atoms with Gasteiger partial charge in [0.25, 0.3) is 0 Å². The largest absolute Gasteiger partial charge is 0.393 e. The van der Waals surface area contributed by atoms with Crippen LogP contribution in [0.3, 0.4) is 0 Å². The molecule has 0 aliphatic heterocycles. The number of aliphatic hydroxyl groups excluding tert-OH is 1. The maximum Gasteiger partial charge on any atom is 0.231 e. The zero-order valence-corrected chi connectivity index (χ0v) is 11.4. The summed E-state index contributed by atoms with van der Waals surface area (Å²) < 4.78 is 0. The van der Waals surface area contributed by atoms with Crippen LogP contribution in [0.15, 0.2) is 0 Å². The maximum atomic E-state index is 11.8. The van der Waals surface area contributed by atoms with E-state index in [0.717, 1.165) is 25.7 Å². The van der Waals surface area contributed by atoms with Crippen LogP contribution in [0.5, 0.6) is 0 Å². The molecule has 0 radical (unpaired) electrons. The molecule has 0 saturated heterocycles. The summed E-state index contributed by atoms with van der Waals surface area (Å²) in [7, 11) is 1.66. The highest BCUT2D eigenvalue weighted by Crippen LogP contribution is 2.24. The third-order valence-electron chi connectivity index (χ3n) is 3.50. The van der Waals surface area contributed by atoms with Crippen molar-refractivity contribution in [3.63, 3.8) is 0 Å². The van der Waals surface area contributed by atoms with E-state index in [1.807, 2.05) is 0 Å². The van der Waals surface area contributed by atoms with Gasteiger partial charge >= 0.3 is 0 Å². The molecule has 1 aliphatic carbocycles. The molecule has 0 aromatic heterocycles. The van der Waals surface area contributed by atoms with E-state index in [1.165, 1.54) is 4.90 Å². The van der Waals surface area contributed by atoms with Gasteiger partial charge in [0.15, 0.2) is 0 Å². The molecule has 5 nitrogen and oxygen atoms in total. The Morgan fingerprint density at radius 2 is 2.11 bits per heavy atom. The zero-order valence-electron chi connectivity index (χ0n) is 11.4. The van der Waals surface area contributed by atoms with Gasteiger partial charge in [0.2, 0.25) is 11.8 Å². The molecular weight excluding hydrogens is 244 g/mol. The van der Waals surface area contributed by atoms with Crippen molar-refractivity contribution in [3.05, 3.63) is 0 Å². The second-order valence-electron chi connectivity index (χ2n) is 5.04. The highest BCUT2D eigenvalue weighted by molar-refractivity contribution is 5.96. The lowest BCUT2D eigenvalue weighted by molar-refractivity contribution is -0.136. The summed E-state index contributed by atoms with van der Waals surface area (Å²) in [6.45, 7) is 0.638. The van der Waals surface area contributed by atoms with Crippen LogP contribution in [0.2, 0.25) is 0 Å². The first kappa shape index (κ1) is 15.5. The number of nitrogens with zero attached hydrogens (tertiary/aromatic N) is 1. The normalized spacial score (nSPS) is 22.4. The highest BCUT2D eigenvalue weighted by atomic mass is 16.3. The Morgan fingerprint density at radius 3 is 2.74 bits per heavy atom. The smallest absolute Gasteiger partial charge is 0.231 e. The molecule has 0 heterocycles. The number of hydrogen-bond donors (Lipinski definition) is 2. The number of hydrogen-bond acceptors (Lipinski definition) is 3. The Labute approximate surface area is 114 Å². The van der Waals surface area contributed by atoms with Crippen LogP contribution in [-0.4, -0.2) is 48.1 Å². The van der Waals surface area contributed by atoms with Crippen LogP contribution in [0, 0.1) is 18.3 Å². The van der Waals surface area contributed by atoms with Gasteiger partial charge in [-0.2, -0.15) is 0 Å². The van der Waals surface area contributed by atoms with E-state index in [-0.39, 0.29) is 36.8 Å². The van der Waals surface area contributed by atoms with Gasteiger partial charge in [-0.1, -0.05) is 18.8 Å². The number of amides is 2. The molecule has 0 spiro atoms. The fourth-order valence-corrected chi connectivity index (χ4v) is 2.34. The topological polar surface area (TPSA) is 69.6 Å². The first-order valence-electron chi connectivity index (χ1n) is 6.66. The molecule has 2 unspecified atom stereocenters. The van der Waals surface area contributed by atoms with Gasteiger partial charge in [-0.25, -0.2) is 0 Å². The van der Waals surface area contributed by atoms with Gasteiger partial charge < -0.3 is 15.3 Å². The average Bonchev–Trinajstić information content (AvgIpc) is 2.38. The van der Waals surface area contributed by atoms with E-state index in [2.05, 4.69) is 11.2 Å². The molecule has 0 aromatic rings. The van der Waals surface area contributed by atoms with Gasteiger partial charge in [0.1, 0.15) is 6.42 Å². The molecule has 0 bridgehead atoms.